The molecule has 0 radical (unpaired) electrons. The summed E-state index contributed by atoms with van der Waals surface area (Å²) in [4.78, 5) is 11.7. The Kier molecular flexibility index (Phi) is 14.2. The van der Waals surface area contributed by atoms with E-state index in [0.29, 0.717) is 11.5 Å². The molecule has 0 aliphatic carbocycles. The minimum atomic E-state index is -0.360. The maximum atomic E-state index is 11.7. The van der Waals surface area contributed by atoms with Crippen LogP contribution in [0.4, 0.5) is 0 Å². The van der Waals surface area contributed by atoms with Crippen molar-refractivity contribution in [2.24, 2.45) is 0 Å². The molecule has 0 N–H and O–H groups in total. The maximum Gasteiger partial charge on any atom is 0.375 e. The molecular formula is C25H42NO2+. The molecule has 1 rings (SSSR count). The number of aryl methyl sites for hydroxylation is 1. The van der Waals surface area contributed by atoms with E-state index in [0.717, 1.165) is 13.0 Å². The van der Waals surface area contributed by atoms with Crippen molar-refractivity contribution in [2.75, 3.05) is 0 Å². The van der Waals surface area contributed by atoms with E-state index in [1.165, 1.54) is 83.5 Å². The molecule has 0 saturated carbocycles. The van der Waals surface area contributed by atoms with Gasteiger partial charge in [0.05, 0.1) is 6.07 Å². The molecule has 0 aliphatic rings. The number of pyridine rings is 1. The largest absolute Gasteiger partial charge is 0.375 e. The topological polar surface area (TPSA) is 30.2 Å². The molecule has 158 valence electrons. The number of nitrogens with zero attached hydrogens (tertiary/aromatic N) is 1. The first-order valence-electron chi connectivity index (χ1n) is 11.5. The quantitative estimate of drug-likeness (QED) is 0.125. The number of unbranched alkanes of at least 4 members (excludes halogenated alkanes) is 13. The van der Waals surface area contributed by atoms with Crippen LogP contribution >= 0.6 is 0 Å². The standard InChI is InChI=1S/C25H42NO2/c1-4-5-6-7-8-9-10-11-12-13-14-15-16-18-21-26-22-19-17-20-24(26)28-25(27)23(2)3/h17,19-20,22H,2,4-16,18,21H2,1,3H3/q+1. The van der Waals surface area contributed by atoms with Crippen LogP contribution in [-0.2, 0) is 11.3 Å². The molecule has 0 saturated heterocycles. The van der Waals surface area contributed by atoms with Crippen LogP contribution in [0, 0.1) is 0 Å². The number of hydrogen-bond donors (Lipinski definition) is 0. The zero-order valence-corrected chi connectivity index (χ0v) is 18.4. The molecule has 0 spiro atoms. The Morgan fingerprint density at radius 3 is 1.86 bits per heavy atom. The second-order valence-corrected chi connectivity index (χ2v) is 8.00. The number of carbonyl (C=O) groups is 1. The van der Waals surface area contributed by atoms with Crippen molar-refractivity contribution in [1.82, 2.24) is 0 Å². The smallest absolute Gasteiger partial charge is 0.367 e. The predicted molar refractivity (Wildman–Crippen MR) is 117 cm³/mol. The Balaban J connectivity index is 2.02. The molecule has 1 aromatic heterocycles. The number of hydrogen-bond acceptors (Lipinski definition) is 2. The highest BCUT2D eigenvalue weighted by molar-refractivity contribution is 5.88. The summed E-state index contributed by atoms with van der Waals surface area (Å²) in [6.07, 6.45) is 21.0. The second-order valence-electron chi connectivity index (χ2n) is 8.00. The highest BCUT2D eigenvalue weighted by atomic mass is 16.5. The van der Waals surface area contributed by atoms with Crippen molar-refractivity contribution in [3.63, 3.8) is 0 Å². The van der Waals surface area contributed by atoms with Gasteiger partial charge < -0.3 is 4.74 Å². The zero-order chi connectivity index (χ0) is 20.5. The van der Waals surface area contributed by atoms with Gasteiger partial charge in [0.2, 0.25) is 0 Å². The monoisotopic (exact) mass is 388 g/mol. The fraction of sp³-hybridized carbons (Fsp3) is 0.680. The van der Waals surface area contributed by atoms with E-state index < -0.39 is 0 Å². The lowest BCUT2D eigenvalue weighted by molar-refractivity contribution is -0.700. The van der Waals surface area contributed by atoms with Crippen LogP contribution in [0.1, 0.15) is 104 Å². The maximum absolute atomic E-state index is 11.7. The van der Waals surface area contributed by atoms with E-state index in [2.05, 4.69) is 13.5 Å². The van der Waals surface area contributed by atoms with Gasteiger partial charge >= 0.3 is 11.8 Å². The molecule has 1 aromatic rings. The average molecular weight is 389 g/mol. The minimum absolute atomic E-state index is 0.360. The van der Waals surface area contributed by atoms with Crippen molar-refractivity contribution >= 4 is 5.97 Å². The Labute approximate surface area is 173 Å². The SMILES string of the molecule is C=C(C)C(=O)Oc1cccc[n+]1CCCCCCCCCCCCCCCC. The zero-order valence-electron chi connectivity index (χ0n) is 18.4. The van der Waals surface area contributed by atoms with Crippen molar-refractivity contribution in [2.45, 2.75) is 110 Å². The van der Waals surface area contributed by atoms with Gasteiger partial charge in [-0.15, -0.1) is 0 Å². The lowest BCUT2D eigenvalue weighted by Gasteiger charge is -2.05. The van der Waals surface area contributed by atoms with Gasteiger partial charge in [0.25, 0.3) is 0 Å². The third-order valence-electron chi connectivity index (χ3n) is 5.20. The molecule has 3 nitrogen and oxygen atoms in total. The first-order valence-corrected chi connectivity index (χ1v) is 11.5. The molecule has 0 unspecified atom stereocenters. The van der Waals surface area contributed by atoms with E-state index in [1.807, 2.05) is 29.0 Å². The highest BCUT2D eigenvalue weighted by Crippen LogP contribution is 2.13. The summed E-state index contributed by atoms with van der Waals surface area (Å²) >= 11 is 0. The number of ether oxygens (including phenoxy) is 1. The molecular weight excluding hydrogens is 346 g/mol. The lowest BCUT2D eigenvalue weighted by atomic mass is 10.0. The predicted octanol–water partition coefficient (Wildman–Crippen LogP) is 6.94. The van der Waals surface area contributed by atoms with E-state index in [9.17, 15) is 4.79 Å². The lowest BCUT2D eigenvalue weighted by Crippen LogP contribution is -2.36. The van der Waals surface area contributed by atoms with Gasteiger partial charge in [0, 0.05) is 18.1 Å². The Morgan fingerprint density at radius 1 is 0.857 bits per heavy atom. The fourth-order valence-electron chi connectivity index (χ4n) is 3.40. The number of carbonyl (C=O) groups excluding carboxylic acids is 1. The van der Waals surface area contributed by atoms with Crippen LogP contribution in [0.25, 0.3) is 0 Å². The van der Waals surface area contributed by atoms with Crippen LogP contribution in [0.5, 0.6) is 5.88 Å². The van der Waals surface area contributed by atoms with Gasteiger partial charge in [-0.3, -0.25) is 0 Å². The summed E-state index contributed by atoms with van der Waals surface area (Å²) < 4.78 is 7.42. The number of aromatic nitrogens is 1. The van der Waals surface area contributed by atoms with Crippen LogP contribution in [0.15, 0.2) is 36.5 Å². The fourth-order valence-corrected chi connectivity index (χ4v) is 3.40. The Morgan fingerprint density at radius 2 is 1.36 bits per heavy atom. The normalized spacial score (nSPS) is 10.8. The first-order chi connectivity index (χ1) is 13.6. The van der Waals surface area contributed by atoms with Gasteiger partial charge in [-0.2, -0.15) is 4.57 Å². The van der Waals surface area contributed by atoms with E-state index in [-0.39, 0.29) is 5.97 Å². The first kappa shape index (κ1) is 24.4. The van der Waals surface area contributed by atoms with Crippen molar-refractivity contribution in [3.8, 4) is 5.88 Å². The third kappa shape index (κ3) is 11.9. The van der Waals surface area contributed by atoms with Gasteiger partial charge in [-0.25, -0.2) is 4.79 Å². The minimum Gasteiger partial charge on any atom is -0.367 e. The molecule has 0 bridgehead atoms. The molecule has 0 aliphatic heterocycles. The van der Waals surface area contributed by atoms with Crippen molar-refractivity contribution in [3.05, 3.63) is 36.5 Å². The summed E-state index contributed by atoms with van der Waals surface area (Å²) in [7, 11) is 0. The van der Waals surface area contributed by atoms with E-state index >= 15 is 0 Å². The Hall–Kier alpha value is -1.64. The molecule has 28 heavy (non-hydrogen) atoms. The number of esters is 1. The van der Waals surface area contributed by atoms with Gasteiger partial charge in [-0.1, -0.05) is 90.6 Å². The summed E-state index contributed by atoms with van der Waals surface area (Å²) in [6.45, 7) is 8.47. The van der Waals surface area contributed by atoms with Gasteiger partial charge in [0.15, 0.2) is 12.7 Å². The Bertz CT molecular complexity index is 553. The van der Waals surface area contributed by atoms with Gasteiger partial charge in [-0.05, 0) is 19.4 Å². The van der Waals surface area contributed by atoms with Crippen LogP contribution in [0.3, 0.4) is 0 Å². The second kappa shape index (κ2) is 16.3. The van der Waals surface area contributed by atoms with Crippen LogP contribution in [0.2, 0.25) is 0 Å². The summed E-state index contributed by atoms with van der Waals surface area (Å²) in [6, 6.07) is 5.70. The molecule has 0 fully saturated rings. The summed E-state index contributed by atoms with van der Waals surface area (Å²) in [5.74, 6) is 0.242. The average Bonchev–Trinajstić information content (AvgIpc) is 2.69. The summed E-state index contributed by atoms with van der Waals surface area (Å²) in [5.41, 5.74) is 0.423. The molecule has 0 amide bonds. The molecule has 0 atom stereocenters. The van der Waals surface area contributed by atoms with Crippen LogP contribution in [-0.4, -0.2) is 5.97 Å². The highest BCUT2D eigenvalue weighted by Gasteiger charge is 2.15. The molecule has 3 heteroatoms. The summed E-state index contributed by atoms with van der Waals surface area (Å²) in [5, 5.41) is 0. The van der Waals surface area contributed by atoms with Crippen molar-refractivity contribution in [1.29, 1.82) is 0 Å². The number of rotatable bonds is 17. The van der Waals surface area contributed by atoms with Crippen molar-refractivity contribution < 1.29 is 14.1 Å². The van der Waals surface area contributed by atoms with E-state index in [4.69, 9.17) is 4.74 Å². The van der Waals surface area contributed by atoms with E-state index in [1.54, 1.807) is 6.92 Å². The van der Waals surface area contributed by atoms with Gasteiger partial charge in [0.1, 0.15) is 0 Å². The third-order valence-corrected chi connectivity index (χ3v) is 5.20. The van der Waals surface area contributed by atoms with Crippen LogP contribution < -0.4 is 9.30 Å². The molecule has 1 heterocycles. The molecule has 0 aromatic carbocycles.